The molecule has 0 bridgehead atoms. The lowest BCUT2D eigenvalue weighted by Crippen LogP contribution is -2.37. The standard InChI is InChI=1S/C18H16BrN3O2S/c19-13-8-12(9-20-10-13)17(23)22(11-14-4-3-7-24-14)18-21-15-5-1-2-6-16(15)25-18/h1-2,5-6,8-10,14H,3-4,7,11H2/t14-/m1/s1. The van der Waals surface area contributed by atoms with Gasteiger partial charge in [0.25, 0.3) is 5.91 Å². The number of amides is 1. The van der Waals surface area contributed by atoms with Crippen molar-refractivity contribution < 1.29 is 9.53 Å². The molecule has 0 aliphatic carbocycles. The van der Waals surface area contributed by atoms with Crippen LogP contribution in [-0.4, -0.2) is 35.1 Å². The first-order chi connectivity index (χ1) is 12.2. The predicted octanol–water partition coefficient (Wildman–Crippen LogP) is 4.28. The van der Waals surface area contributed by atoms with E-state index < -0.39 is 0 Å². The van der Waals surface area contributed by atoms with Crippen molar-refractivity contribution in [1.29, 1.82) is 0 Å². The molecule has 128 valence electrons. The fraction of sp³-hybridized carbons (Fsp3) is 0.278. The molecule has 5 nitrogen and oxygen atoms in total. The third-order valence-corrected chi connectivity index (χ3v) is 5.61. The second-order valence-corrected chi connectivity index (χ2v) is 7.83. The van der Waals surface area contributed by atoms with E-state index in [2.05, 4.69) is 25.9 Å². The van der Waals surface area contributed by atoms with Crippen molar-refractivity contribution in [3.8, 4) is 0 Å². The smallest absolute Gasteiger partial charge is 0.261 e. The second kappa shape index (κ2) is 7.19. The Balaban J connectivity index is 1.71. The van der Waals surface area contributed by atoms with Crippen molar-refractivity contribution in [3.05, 3.63) is 52.8 Å². The molecule has 1 fully saturated rings. The second-order valence-electron chi connectivity index (χ2n) is 5.91. The van der Waals surface area contributed by atoms with Crippen LogP contribution in [0.25, 0.3) is 10.2 Å². The average Bonchev–Trinajstić information content (AvgIpc) is 3.28. The molecule has 1 atom stereocenters. The molecule has 0 radical (unpaired) electrons. The van der Waals surface area contributed by atoms with Crippen LogP contribution in [0.15, 0.2) is 47.2 Å². The molecular formula is C18H16BrN3O2S. The topological polar surface area (TPSA) is 55.3 Å². The summed E-state index contributed by atoms with van der Waals surface area (Å²) in [5.74, 6) is -0.108. The molecule has 0 N–H and O–H groups in total. The third-order valence-electron chi connectivity index (χ3n) is 4.12. The number of thiazole rings is 1. The van der Waals surface area contributed by atoms with Crippen molar-refractivity contribution in [1.82, 2.24) is 9.97 Å². The number of para-hydroxylation sites is 1. The molecule has 0 spiro atoms. The first-order valence-corrected chi connectivity index (χ1v) is 9.71. The van der Waals surface area contributed by atoms with Crippen molar-refractivity contribution in [2.45, 2.75) is 18.9 Å². The van der Waals surface area contributed by atoms with Gasteiger partial charge >= 0.3 is 0 Å². The molecule has 7 heteroatoms. The van der Waals surface area contributed by atoms with Gasteiger partial charge in [-0.25, -0.2) is 4.98 Å². The molecule has 0 saturated carbocycles. The van der Waals surface area contributed by atoms with E-state index in [1.165, 1.54) is 11.3 Å². The molecule has 1 amide bonds. The minimum absolute atomic E-state index is 0.0519. The van der Waals surface area contributed by atoms with Gasteiger partial charge in [-0.3, -0.25) is 14.7 Å². The Morgan fingerprint density at radius 3 is 3.00 bits per heavy atom. The number of carbonyl (C=O) groups is 1. The van der Waals surface area contributed by atoms with E-state index in [1.54, 1.807) is 23.4 Å². The van der Waals surface area contributed by atoms with Gasteiger partial charge in [0, 0.05) is 23.5 Å². The van der Waals surface area contributed by atoms with Crippen molar-refractivity contribution in [3.63, 3.8) is 0 Å². The zero-order valence-corrected chi connectivity index (χ0v) is 15.8. The number of halogens is 1. The molecule has 25 heavy (non-hydrogen) atoms. The number of aromatic nitrogens is 2. The van der Waals surface area contributed by atoms with Crippen LogP contribution >= 0.6 is 27.3 Å². The molecule has 3 heterocycles. The highest BCUT2D eigenvalue weighted by molar-refractivity contribution is 9.10. The van der Waals surface area contributed by atoms with Crippen LogP contribution in [0.5, 0.6) is 0 Å². The number of benzene rings is 1. The van der Waals surface area contributed by atoms with Crippen molar-refractivity contribution in [2.24, 2.45) is 0 Å². The number of anilines is 1. The van der Waals surface area contributed by atoms with Crippen LogP contribution < -0.4 is 4.90 Å². The van der Waals surface area contributed by atoms with Gasteiger partial charge in [-0.1, -0.05) is 23.5 Å². The van der Waals surface area contributed by atoms with Crippen LogP contribution in [0.3, 0.4) is 0 Å². The number of nitrogens with zero attached hydrogens (tertiary/aromatic N) is 3. The Labute approximate surface area is 157 Å². The quantitative estimate of drug-likeness (QED) is 0.635. The molecular weight excluding hydrogens is 402 g/mol. The van der Waals surface area contributed by atoms with Gasteiger partial charge in [0.1, 0.15) is 0 Å². The molecule has 1 aromatic carbocycles. The number of rotatable bonds is 4. The Morgan fingerprint density at radius 2 is 2.24 bits per heavy atom. The lowest BCUT2D eigenvalue weighted by Gasteiger charge is -2.23. The Hall–Kier alpha value is -1.83. The number of fused-ring (bicyclic) bond motifs is 1. The number of pyridine rings is 1. The Kier molecular flexibility index (Phi) is 4.78. The molecule has 0 unspecified atom stereocenters. The number of carbonyl (C=O) groups excluding carboxylic acids is 1. The highest BCUT2D eigenvalue weighted by Gasteiger charge is 2.27. The summed E-state index contributed by atoms with van der Waals surface area (Å²) in [7, 11) is 0. The molecule has 1 aliphatic heterocycles. The highest BCUT2D eigenvalue weighted by Crippen LogP contribution is 2.30. The van der Waals surface area contributed by atoms with E-state index in [-0.39, 0.29) is 12.0 Å². The van der Waals surface area contributed by atoms with Crippen LogP contribution in [0, 0.1) is 0 Å². The van der Waals surface area contributed by atoms with Crippen molar-refractivity contribution in [2.75, 3.05) is 18.1 Å². The lowest BCUT2D eigenvalue weighted by atomic mass is 10.2. The highest BCUT2D eigenvalue weighted by atomic mass is 79.9. The van der Waals surface area contributed by atoms with E-state index in [9.17, 15) is 4.79 Å². The minimum atomic E-state index is -0.108. The maximum atomic E-state index is 13.1. The maximum absolute atomic E-state index is 13.1. The molecule has 1 saturated heterocycles. The maximum Gasteiger partial charge on any atom is 0.261 e. The lowest BCUT2D eigenvalue weighted by molar-refractivity contribution is 0.0917. The molecule has 1 aliphatic rings. The summed E-state index contributed by atoms with van der Waals surface area (Å²) in [6, 6.07) is 9.70. The summed E-state index contributed by atoms with van der Waals surface area (Å²) in [5.41, 5.74) is 1.44. The normalized spacial score (nSPS) is 17.1. The van der Waals surface area contributed by atoms with Gasteiger partial charge < -0.3 is 4.74 Å². The third kappa shape index (κ3) is 3.58. The summed E-state index contributed by atoms with van der Waals surface area (Å²) in [4.78, 5) is 23.6. The summed E-state index contributed by atoms with van der Waals surface area (Å²) >= 11 is 4.90. The first kappa shape index (κ1) is 16.6. The van der Waals surface area contributed by atoms with Gasteiger partial charge in [0.05, 0.1) is 28.4 Å². The zero-order chi connectivity index (χ0) is 17.2. The monoisotopic (exact) mass is 417 g/mol. The van der Waals surface area contributed by atoms with Crippen LogP contribution in [0.4, 0.5) is 5.13 Å². The van der Waals surface area contributed by atoms with E-state index in [4.69, 9.17) is 4.74 Å². The molecule has 4 rings (SSSR count). The summed E-state index contributed by atoms with van der Waals surface area (Å²) in [6.45, 7) is 1.26. The zero-order valence-electron chi connectivity index (χ0n) is 13.4. The Morgan fingerprint density at radius 1 is 1.36 bits per heavy atom. The molecule has 3 aromatic rings. The van der Waals surface area contributed by atoms with Gasteiger partial charge in [-0.05, 0) is 47.0 Å². The van der Waals surface area contributed by atoms with Gasteiger partial charge in [0.15, 0.2) is 5.13 Å². The van der Waals surface area contributed by atoms with E-state index >= 15 is 0 Å². The van der Waals surface area contributed by atoms with Gasteiger partial charge in [0.2, 0.25) is 0 Å². The van der Waals surface area contributed by atoms with Gasteiger partial charge in [-0.15, -0.1) is 0 Å². The van der Waals surface area contributed by atoms with Gasteiger partial charge in [-0.2, -0.15) is 0 Å². The van der Waals surface area contributed by atoms with Crippen molar-refractivity contribution >= 4 is 48.5 Å². The van der Waals surface area contributed by atoms with Crippen LogP contribution in [0.2, 0.25) is 0 Å². The summed E-state index contributed by atoms with van der Waals surface area (Å²) < 4.78 is 7.59. The fourth-order valence-electron chi connectivity index (χ4n) is 2.90. The van der Waals surface area contributed by atoms with E-state index in [0.717, 1.165) is 34.1 Å². The number of ether oxygens (including phenoxy) is 1. The largest absolute Gasteiger partial charge is 0.376 e. The average molecular weight is 418 g/mol. The molecule has 2 aromatic heterocycles. The first-order valence-electron chi connectivity index (χ1n) is 8.10. The summed E-state index contributed by atoms with van der Waals surface area (Å²) in [6.07, 6.45) is 5.30. The number of hydrogen-bond donors (Lipinski definition) is 0. The van der Waals surface area contributed by atoms with E-state index in [0.29, 0.717) is 17.2 Å². The number of hydrogen-bond acceptors (Lipinski definition) is 5. The van der Waals surface area contributed by atoms with Crippen LogP contribution in [-0.2, 0) is 4.74 Å². The predicted molar refractivity (Wildman–Crippen MR) is 102 cm³/mol. The SMILES string of the molecule is O=C(c1cncc(Br)c1)N(C[C@H]1CCCO1)c1nc2ccccc2s1. The van der Waals surface area contributed by atoms with Crippen LogP contribution in [0.1, 0.15) is 23.2 Å². The summed E-state index contributed by atoms with van der Waals surface area (Å²) in [5, 5.41) is 0.696. The van der Waals surface area contributed by atoms with E-state index in [1.807, 2.05) is 24.3 Å². The Bertz CT molecular complexity index is 875. The fourth-order valence-corrected chi connectivity index (χ4v) is 4.24. The minimum Gasteiger partial charge on any atom is -0.376 e.